The van der Waals surface area contributed by atoms with Crippen LogP contribution in [-0.2, 0) is 14.3 Å². The van der Waals surface area contributed by atoms with Crippen molar-refractivity contribution in [2.24, 2.45) is 0 Å². The molecule has 7 nitrogen and oxygen atoms in total. The van der Waals surface area contributed by atoms with Crippen LogP contribution in [0.25, 0.3) is 0 Å². The lowest BCUT2D eigenvalue weighted by Crippen LogP contribution is -2.39. The molecule has 0 aromatic heterocycles. The van der Waals surface area contributed by atoms with Gasteiger partial charge in [-0.15, -0.1) is 0 Å². The largest absolute Gasteiger partial charge is 0.378 e. The van der Waals surface area contributed by atoms with Crippen LogP contribution >= 0.6 is 0 Å². The molecule has 0 saturated carbocycles. The van der Waals surface area contributed by atoms with Crippen molar-refractivity contribution in [1.29, 1.82) is 0 Å². The Hall–Kier alpha value is -2.90. The van der Waals surface area contributed by atoms with Crippen LogP contribution in [0.2, 0.25) is 0 Å². The average molecular weight is 425 g/mol. The summed E-state index contributed by atoms with van der Waals surface area (Å²) in [7, 11) is 0. The molecule has 0 unspecified atom stereocenters. The third kappa shape index (κ3) is 7.08. The molecular formula is C24H32N4O3. The van der Waals surface area contributed by atoms with Gasteiger partial charge in [-0.3, -0.25) is 14.5 Å². The van der Waals surface area contributed by atoms with Crippen LogP contribution in [0.4, 0.5) is 17.1 Å². The number of amides is 2. The Labute approximate surface area is 184 Å². The molecule has 1 aliphatic heterocycles. The number of hydrogen-bond donors (Lipinski definition) is 2. The summed E-state index contributed by atoms with van der Waals surface area (Å²) in [6, 6.07) is 15.5. The fourth-order valence-electron chi connectivity index (χ4n) is 3.62. The Morgan fingerprint density at radius 2 is 1.61 bits per heavy atom. The van der Waals surface area contributed by atoms with Crippen molar-refractivity contribution < 1.29 is 14.3 Å². The second-order valence-electron chi connectivity index (χ2n) is 7.77. The molecule has 0 bridgehead atoms. The van der Waals surface area contributed by atoms with Gasteiger partial charge in [-0.1, -0.05) is 25.1 Å². The zero-order valence-electron chi connectivity index (χ0n) is 18.4. The Morgan fingerprint density at radius 3 is 2.26 bits per heavy atom. The van der Waals surface area contributed by atoms with Crippen LogP contribution in [0.15, 0.2) is 48.5 Å². The van der Waals surface area contributed by atoms with E-state index in [2.05, 4.69) is 15.5 Å². The number of rotatable bonds is 9. The number of nitrogens with zero attached hydrogens (tertiary/aromatic N) is 2. The van der Waals surface area contributed by atoms with Gasteiger partial charge >= 0.3 is 0 Å². The van der Waals surface area contributed by atoms with Crippen LogP contribution in [0.3, 0.4) is 0 Å². The zero-order valence-corrected chi connectivity index (χ0v) is 18.4. The van der Waals surface area contributed by atoms with E-state index in [-0.39, 0.29) is 24.9 Å². The Morgan fingerprint density at radius 1 is 0.968 bits per heavy atom. The highest BCUT2D eigenvalue weighted by molar-refractivity contribution is 5.95. The van der Waals surface area contributed by atoms with E-state index < -0.39 is 0 Å². The minimum absolute atomic E-state index is 0.120. The first kappa shape index (κ1) is 22.8. The topological polar surface area (TPSA) is 73.9 Å². The van der Waals surface area contributed by atoms with Crippen molar-refractivity contribution in [1.82, 2.24) is 4.90 Å². The summed E-state index contributed by atoms with van der Waals surface area (Å²) >= 11 is 0. The SMILES string of the molecule is CCCN(CC(=O)Nc1ccc(N2CCOCC2)cc1)CC(=O)Nc1ccccc1C. The van der Waals surface area contributed by atoms with Crippen molar-refractivity contribution in [3.8, 4) is 0 Å². The minimum atomic E-state index is -0.128. The van der Waals surface area contributed by atoms with Gasteiger partial charge in [-0.2, -0.15) is 0 Å². The van der Waals surface area contributed by atoms with Crippen molar-refractivity contribution in [3.63, 3.8) is 0 Å². The maximum atomic E-state index is 12.6. The van der Waals surface area contributed by atoms with E-state index in [1.165, 1.54) is 0 Å². The van der Waals surface area contributed by atoms with E-state index in [0.717, 1.165) is 55.3 Å². The Kier molecular flexibility index (Phi) is 8.44. The molecule has 0 atom stereocenters. The van der Waals surface area contributed by atoms with Gasteiger partial charge in [0.1, 0.15) is 0 Å². The summed E-state index contributed by atoms with van der Waals surface area (Å²) in [4.78, 5) is 29.2. The fourth-order valence-corrected chi connectivity index (χ4v) is 3.62. The zero-order chi connectivity index (χ0) is 22.1. The van der Waals surface area contributed by atoms with Gasteiger partial charge in [0.15, 0.2) is 0 Å². The smallest absolute Gasteiger partial charge is 0.238 e. The maximum absolute atomic E-state index is 12.6. The summed E-state index contributed by atoms with van der Waals surface area (Å²) in [6.07, 6.45) is 0.860. The van der Waals surface area contributed by atoms with E-state index in [1.807, 2.05) is 67.3 Å². The average Bonchev–Trinajstić information content (AvgIpc) is 2.76. The number of benzene rings is 2. The van der Waals surface area contributed by atoms with Crippen LogP contribution in [0, 0.1) is 6.92 Å². The molecule has 1 saturated heterocycles. The number of para-hydroxylation sites is 1. The third-order valence-electron chi connectivity index (χ3n) is 5.22. The van der Waals surface area contributed by atoms with Gasteiger partial charge in [0.25, 0.3) is 0 Å². The first-order chi connectivity index (χ1) is 15.0. The molecule has 2 aromatic rings. The predicted octanol–water partition coefficient (Wildman–Crippen LogP) is 3.12. The molecule has 0 radical (unpaired) electrons. The first-order valence-corrected chi connectivity index (χ1v) is 10.9. The number of carbonyl (C=O) groups excluding carboxylic acids is 2. The second-order valence-corrected chi connectivity index (χ2v) is 7.77. The van der Waals surface area contributed by atoms with Gasteiger partial charge in [0.2, 0.25) is 11.8 Å². The molecule has 3 rings (SSSR count). The lowest BCUT2D eigenvalue weighted by atomic mass is 10.2. The van der Waals surface area contributed by atoms with Crippen LogP contribution in [-0.4, -0.2) is 62.7 Å². The second kappa shape index (κ2) is 11.5. The summed E-state index contributed by atoms with van der Waals surface area (Å²) in [5.74, 6) is -0.248. The van der Waals surface area contributed by atoms with Gasteiger partial charge in [-0.25, -0.2) is 0 Å². The Bertz CT molecular complexity index is 863. The lowest BCUT2D eigenvalue weighted by molar-refractivity contribution is -0.120. The highest BCUT2D eigenvalue weighted by Crippen LogP contribution is 2.19. The molecule has 31 heavy (non-hydrogen) atoms. The molecule has 7 heteroatoms. The standard InChI is InChI=1S/C24H32N4O3/c1-3-12-27(18-24(30)26-22-7-5-4-6-19(22)2)17-23(29)25-20-8-10-21(11-9-20)28-13-15-31-16-14-28/h4-11H,3,12-18H2,1-2H3,(H,25,29)(H,26,30). The molecule has 2 aromatic carbocycles. The molecule has 1 fully saturated rings. The number of carbonyl (C=O) groups is 2. The normalized spacial score (nSPS) is 13.8. The van der Waals surface area contributed by atoms with Crippen molar-refractivity contribution in [3.05, 3.63) is 54.1 Å². The summed E-state index contributed by atoms with van der Waals surface area (Å²) in [5.41, 5.74) is 3.69. The molecule has 1 aliphatic rings. The highest BCUT2D eigenvalue weighted by atomic mass is 16.5. The van der Waals surface area contributed by atoms with E-state index in [4.69, 9.17) is 4.74 Å². The maximum Gasteiger partial charge on any atom is 0.238 e. The number of nitrogens with one attached hydrogen (secondary N) is 2. The van der Waals surface area contributed by atoms with Crippen LogP contribution < -0.4 is 15.5 Å². The summed E-state index contributed by atoms with van der Waals surface area (Å²) in [6.45, 7) is 8.24. The minimum Gasteiger partial charge on any atom is -0.378 e. The van der Waals surface area contributed by atoms with Crippen molar-refractivity contribution >= 4 is 28.9 Å². The lowest BCUT2D eigenvalue weighted by Gasteiger charge is -2.29. The molecule has 166 valence electrons. The first-order valence-electron chi connectivity index (χ1n) is 10.9. The van der Waals surface area contributed by atoms with E-state index >= 15 is 0 Å². The highest BCUT2D eigenvalue weighted by Gasteiger charge is 2.15. The molecule has 0 aliphatic carbocycles. The van der Waals surface area contributed by atoms with Crippen LogP contribution in [0.5, 0.6) is 0 Å². The quantitative estimate of drug-likeness (QED) is 0.647. The number of anilines is 3. The Balaban J connectivity index is 1.51. The number of ether oxygens (including phenoxy) is 1. The van der Waals surface area contributed by atoms with Crippen molar-refractivity contribution in [2.45, 2.75) is 20.3 Å². The predicted molar refractivity (Wildman–Crippen MR) is 125 cm³/mol. The third-order valence-corrected chi connectivity index (χ3v) is 5.22. The van der Waals surface area contributed by atoms with E-state index in [9.17, 15) is 9.59 Å². The monoisotopic (exact) mass is 424 g/mol. The molecule has 1 heterocycles. The molecule has 0 spiro atoms. The molecule has 2 N–H and O–H groups in total. The van der Waals surface area contributed by atoms with E-state index in [0.29, 0.717) is 6.54 Å². The molecular weight excluding hydrogens is 392 g/mol. The number of hydrogen-bond acceptors (Lipinski definition) is 5. The number of aryl methyl sites for hydroxylation is 1. The van der Waals surface area contributed by atoms with Crippen LogP contribution in [0.1, 0.15) is 18.9 Å². The fraction of sp³-hybridized carbons (Fsp3) is 0.417. The molecule has 2 amide bonds. The van der Waals surface area contributed by atoms with Gasteiger partial charge in [-0.05, 0) is 55.8 Å². The van der Waals surface area contributed by atoms with E-state index in [1.54, 1.807) is 0 Å². The van der Waals surface area contributed by atoms with Gasteiger partial charge < -0.3 is 20.3 Å². The van der Waals surface area contributed by atoms with Gasteiger partial charge in [0.05, 0.1) is 26.3 Å². The van der Waals surface area contributed by atoms with Gasteiger partial charge in [0, 0.05) is 30.2 Å². The summed E-state index contributed by atoms with van der Waals surface area (Å²) in [5, 5.41) is 5.87. The summed E-state index contributed by atoms with van der Waals surface area (Å²) < 4.78 is 5.39. The van der Waals surface area contributed by atoms with Crippen molar-refractivity contribution in [2.75, 3.05) is 61.5 Å². The number of morpholine rings is 1.